The van der Waals surface area contributed by atoms with Crippen molar-refractivity contribution in [3.8, 4) is 6.07 Å². The van der Waals surface area contributed by atoms with Crippen LogP contribution in [0.4, 0.5) is 0 Å². The number of benzene rings is 2. The van der Waals surface area contributed by atoms with E-state index in [2.05, 4.69) is 6.07 Å². The molecule has 0 amide bonds. The third-order valence-corrected chi connectivity index (χ3v) is 6.68. The van der Waals surface area contributed by atoms with Crippen LogP contribution >= 0.6 is 24.0 Å². The number of esters is 2. The van der Waals surface area contributed by atoms with Crippen molar-refractivity contribution in [2.75, 3.05) is 0 Å². The van der Waals surface area contributed by atoms with Crippen LogP contribution in [-0.4, -0.2) is 21.4 Å². The highest BCUT2D eigenvalue weighted by Crippen LogP contribution is 2.44. The van der Waals surface area contributed by atoms with Gasteiger partial charge in [-0.25, -0.2) is 0 Å². The second kappa shape index (κ2) is 8.89. The average Bonchev–Trinajstić information content (AvgIpc) is 3.00. The van der Waals surface area contributed by atoms with Gasteiger partial charge in [0.1, 0.15) is 5.25 Å². The van der Waals surface area contributed by atoms with Gasteiger partial charge < -0.3 is 4.74 Å². The van der Waals surface area contributed by atoms with Crippen LogP contribution in [0.15, 0.2) is 60.7 Å². The van der Waals surface area contributed by atoms with Gasteiger partial charge >= 0.3 is 11.9 Å². The number of nitrogens with zero attached hydrogens (tertiary/aromatic N) is 1. The third-order valence-electron chi connectivity index (χ3n) is 4.97. The smallest absolute Gasteiger partial charge is 0.328 e. The van der Waals surface area contributed by atoms with E-state index in [1.807, 2.05) is 74.5 Å². The van der Waals surface area contributed by atoms with E-state index in [1.54, 1.807) is 0 Å². The summed E-state index contributed by atoms with van der Waals surface area (Å²) >= 11 is 6.72. The molecule has 3 unspecified atom stereocenters. The van der Waals surface area contributed by atoms with Crippen LogP contribution in [0.2, 0.25) is 0 Å². The number of ether oxygens (including phenoxy) is 1. The summed E-state index contributed by atoms with van der Waals surface area (Å²) in [6.45, 7) is 3.67. The zero-order chi connectivity index (χ0) is 21.0. The standard InChI is InChI=1S/C23H21NO3S2/c1-23(2,14-24)13-17(15-9-5-3-6-10-15)18-19(21(26)27-20(18)25)29-22(28)16-11-7-4-8-12-16/h3-12,17-19H,13H2,1-2H3. The van der Waals surface area contributed by atoms with Gasteiger partial charge in [0.05, 0.1) is 21.6 Å². The van der Waals surface area contributed by atoms with Crippen molar-refractivity contribution in [2.45, 2.75) is 31.4 Å². The maximum absolute atomic E-state index is 12.7. The number of nitriles is 1. The Morgan fingerprint density at radius 1 is 1.10 bits per heavy atom. The molecule has 1 aliphatic rings. The fraction of sp³-hybridized carbons (Fsp3) is 0.304. The van der Waals surface area contributed by atoms with Gasteiger partial charge in [-0.3, -0.25) is 9.59 Å². The predicted octanol–water partition coefficient (Wildman–Crippen LogP) is 4.89. The molecule has 0 aromatic heterocycles. The third kappa shape index (κ3) is 4.92. The molecule has 3 rings (SSSR count). The largest absolute Gasteiger partial charge is 0.392 e. The topological polar surface area (TPSA) is 67.2 Å². The van der Waals surface area contributed by atoms with Crippen LogP contribution in [-0.2, 0) is 14.3 Å². The zero-order valence-corrected chi connectivity index (χ0v) is 17.8. The number of hydrogen-bond acceptors (Lipinski definition) is 6. The lowest BCUT2D eigenvalue weighted by atomic mass is 9.74. The molecular formula is C23H21NO3S2. The van der Waals surface area contributed by atoms with E-state index < -0.39 is 28.5 Å². The summed E-state index contributed by atoms with van der Waals surface area (Å²) in [7, 11) is 0. The summed E-state index contributed by atoms with van der Waals surface area (Å²) in [5.74, 6) is -2.16. The summed E-state index contributed by atoms with van der Waals surface area (Å²) in [5.41, 5.74) is 1.07. The van der Waals surface area contributed by atoms with Crippen molar-refractivity contribution < 1.29 is 14.3 Å². The molecule has 29 heavy (non-hydrogen) atoms. The number of thioether (sulfide) groups is 1. The normalized spacial score (nSPS) is 20.0. The Bertz CT molecular complexity index is 951. The number of hydrogen-bond donors (Lipinski definition) is 0. The van der Waals surface area contributed by atoms with Crippen LogP contribution in [0.1, 0.15) is 37.3 Å². The second-order valence-electron chi connectivity index (χ2n) is 7.67. The Labute approximate surface area is 180 Å². The molecule has 0 N–H and O–H groups in total. The molecule has 148 valence electrons. The van der Waals surface area contributed by atoms with Crippen molar-refractivity contribution in [2.24, 2.45) is 11.3 Å². The number of carbonyl (C=O) groups is 2. The molecule has 6 heteroatoms. The van der Waals surface area contributed by atoms with E-state index in [0.29, 0.717) is 10.6 Å². The number of cyclic esters (lactones) is 2. The Morgan fingerprint density at radius 3 is 2.28 bits per heavy atom. The Hall–Kier alpha value is -2.49. The van der Waals surface area contributed by atoms with Gasteiger partial charge in [0.15, 0.2) is 0 Å². The molecule has 2 aromatic rings. The molecular weight excluding hydrogens is 402 g/mol. The molecule has 1 heterocycles. The highest BCUT2D eigenvalue weighted by molar-refractivity contribution is 8.24. The van der Waals surface area contributed by atoms with Gasteiger partial charge in [0.25, 0.3) is 0 Å². The van der Waals surface area contributed by atoms with Gasteiger partial charge in [0.2, 0.25) is 0 Å². The van der Waals surface area contributed by atoms with Crippen molar-refractivity contribution in [1.29, 1.82) is 5.26 Å². The van der Waals surface area contributed by atoms with Crippen molar-refractivity contribution in [1.82, 2.24) is 0 Å². The van der Waals surface area contributed by atoms with Crippen molar-refractivity contribution >= 4 is 40.1 Å². The Kier molecular flexibility index (Phi) is 6.51. The minimum absolute atomic E-state index is 0.333. The Balaban J connectivity index is 1.95. The summed E-state index contributed by atoms with van der Waals surface area (Å²) in [4.78, 5) is 25.3. The predicted molar refractivity (Wildman–Crippen MR) is 117 cm³/mol. The molecule has 3 atom stereocenters. The molecule has 0 aliphatic carbocycles. The minimum atomic E-state index is -0.741. The number of rotatable bonds is 6. The number of thiocarbonyl (C=S) groups is 1. The maximum atomic E-state index is 12.7. The molecule has 0 radical (unpaired) electrons. The van der Waals surface area contributed by atoms with Gasteiger partial charge in [-0.2, -0.15) is 5.26 Å². The minimum Gasteiger partial charge on any atom is -0.392 e. The fourth-order valence-electron chi connectivity index (χ4n) is 3.50. The first-order valence-electron chi connectivity index (χ1n) is 9.30. The molecule has 1 saturated heterocycles. The second-order valence-corrected chi connectivity index (χ2v) is 9.49. The van der Waals surface area contributed by atoms with Crippen LogP contribution in [0.3, 0.4) is 0 Å². The maximum Gasteiger partial charge on any atom is 0.328 e. The van der Waals surface area contributed by atoms with E-state index in [4.69, 9.17) is 17.0 Å². The Morgan fingerprint density at radius 2 is 1.69 bits per heavy atom. The lowest BCUT2D eigenvalue weighted by Gasteiger charge is -2.29. The van der Waals surface area contributed by atoms with E-state index in [1.165, 1.54) is 11.8 Å². The molecule has 0 saturated carbocycles. The molecule has 2 aromatic carbocycles. The monoisotopic (exact) mass is 423 g/mol. The molecule has 1 aliphatic heterocycles. The van der Waals surface area contributed by atoms with E-state index in [-0.39, 0.29) is 5.92 Å². The van der Waals surface area contributed by atoms with Gasteiger partial charge in [0, 0.05) is 5.92 Å². The summed E-state index contributed by atoms with van der Waals surface area (Å²) in [5, 5.41) is 8.81. The van der Waals surface area contributed by atoms with Crippen LogP contribution in [0.25, 0.3) is 0 Å². The average molecular weight is 424 g/mol. The molecule has 0 bridgehead atoms. The van der Waals surface area contributed by atoms with Crippen molar-refractivity contribution in [3.05, 3.63) is 71.8 Å². The first-order valence-corrected chi connectivity index (χ1v) is 10.6. The molecule has 4 nitrogen and oxygen atoms in total. The first kappa shape index (κ1) is 21.2. The molecule has 1 fully saturated rings. The highest BCUT2D eigenvalue weighted by atomic mass is 32.2. The SMILES string of the molecule is CC(C)(C#N)CC(c1ccccc1)C1C(=O)OC(=O)C1SC(=S)c1ccccc1. The highest BCUT2D eigenvalue weighted by Gasteiger charge is 2.50. The zero-order valence-electron chi connectivity index (χ0n) is 16.2. The van der Waals surface area contributed by atoms with E-state index in [9.17, 15) is 14.9 Å². The summed E-state index contributed by atoms with van der Waals surface area (Å²) < 4.78 is 5.57. The van der Waals surface area contributed by atoms with Crippen LogP contribution in [0.5, 0.6) is 0 Å². The van der Waals surface area contributed by atoms with Gasteiger partial charge in [-0.05, 0) is 31.4 Å². The lowest BCUT2D eigenvalue weighted by molar-refractivity contribution is -0.153. The van der Waals surface area contributed by atoms with Gasteiger partial charge in [-0.1, -0.05) is 84.6 Å². The van der Waals surface area contributed by atoms with Crippen LogP contribution in [0, 0.1) is 22.7 Å². The van der Waals surface area contributed by atoms with Gasteiger partial charge in [-0.15, -0.1) is 0 Å². The van der Waals surface area contributed by atoms with Crippen LogP contribution < -0.4 is 0 Å². The molecule has 0 spiro atoms. The summed E-state index contributed by atoms with van der Waals surface area (Å²) in [6.07, 6.45) is 0.426. The van der Waals surface area contributed by atoms with Crippen molar-refractivity contribution in [3.63, 3.8) is 0 Å². The quantitative estimate of drug-likeness (QED) is 0.374. The number of carbonyl (C=O) groups excluding carboxylic acids is 2. The fourth-order valence-corrected chi connectivity index (χ4v) is 5.04. The summed E-state index contributed by atoms with van der Waals surface area (Å²) in [6, 6.07) is 21.2. The van der Waals surface area contributed by atoms with E-state index in [0.717, 1.165) is 11.1 Å². The lowest BCUT2D eigenvalue weighted by Crippen LogP contribution is -2.31. The first-order chi connectivity index (χ1) is 13.8. The van der Waals surface area contributed by atoms with E-state index >= 15 is 0 Å².